The molecular formula is C36H38N8O6. The molecule has 258 valence electrons. The number of rotatable bonds is 15. The van der Waals surface area contributed by atoms with E-state index in [1.807, 2.05) is 43.3 Å². The molecule has 0 spiro atoms. The predicted molar refractivity (Wildman–Crippen MR) is 193 cm³/mol. The maximum atomic E-state index is 13.8. The molecule has 0 atom stereocenters. The number of hydrogen-bond acceptors (Lipinski definition) is 10. The SMILES string of the molecule is CN(C)CCNC(=O)c1ccc(NCCNCCNCCN2C(=O)c3cccc4cccc(c34)C2=O)c2c(=O)c3cc([N+](=O)[O-])ccc3[nH]c12. The van der Waals surface area contributed by atoms with Crippen molar-refractivity contribution in [3.05, 3.63) is 104 Å². The molecule has 0 saturated carbocycles. The molecular weight excluding hydrogens is 640 g/mol. The number of non-ortho nitro benzene ring substituents is 1. The van der Waals surface area contributed by atoms with E-state index in [1.54, 1.807) is 24.3 Å². The number of H-pyrrole nitrogens is 1. The van der Waals surface area contributed by atoms with E-state index in [0.29, 0.717) is 84.6 Å². The van der Waals surface area contributed by atoms with Crippen LogP contribution < -0.4 is 26.7 Å². The number of fused-ring (bicyclic) bond motifs is 2. The van der Waals surface area contributed by atoms with Gasteiger partial charge in [-0.25, -0.2) is 0 Å². The van der Waals surface area contributed by atoms with Crippen LogP contribution in [0.4, 0.5) is 11.4 Å². The molecule has 6 rings (SSSR count). The highest BCUT2D eigenvalue weighted by atomic mass is 16.6. The molecule has 5 aromatic rings. The van der Waals surface area contributed by atoms with E-state index in [9.17, 15) is 29.3 Å². The van der Waals surface area contributed by atoms with Crippen LogP contribution in [0.25, 0.3) is 32.6 Å². The van der Waals surface area contributed by atoms with E-state index in [1.165, 1.54) is 23.1 Å². The van der Waals surface area contributed by atoms with Gasteiger partial charge in [-0.3, -0.25) is 34.2 Å². The standard InChI is InChI=1S/C36H38N8O6/c1-42(2)19-18-40-34(46)26-10-12-29(31-32(26)41-28-11-9-23(44(49)50)21-27(28)33(31)45)39-16-15-37-13-14-38-17-20-43-35(47)24-7-3-5-22-6-4-8-25(30(22)24)36(43)48/h3-12,21,37-39H,13-20H2,1-2H3,(H,40,46)(H,41,45). The fourth-order valence-electron chi connectivity index (χ4n) is 6.19. The van der Waals surface area contributed by atoms with E-state index in [-0.39, 0.29) is 40.7 Å². The number of amides is 3. The molecule has 2 heterocycles. The molecule has 1 aliphatic rings. The van der Waals surface area contributed by atoms with Crippen LogP contribution in [-0.4, -0.2) is 104 Å². The first kappa shape index (κ1) is 34.2. The largest absolute Gasteiger partial charge is 0.383 e. The van der Waals surface area contributed by atoms with Crippen LogP contribution in [0.3, 0.4) is 0 Å². The normalized spacial score (nSPS) is 12.7. The number of likely N-dealkylation sites (N-methyl/N-ethyl adjacent to an activating group) is 1. The molecule has 14 heteroatoms. The number of pyridine rings is 1. The van der Waals surface area contributed by atoms with Crippen molar-refractivity contribution in [1.29, 1.82) is 0 Å². The van der Waals surface area contributed by atoms with Gasteiger partial charge >= 0.3 is 0 Å². The Morgan fingerprint density at radius 1 is 0.840 bits per heavy atom. The minimum atomic E-state index is -0.552. The van der Waals surface area contributed by atoms with Crippen molar-refractivity contribution in [2.75, 3.05) is 71.8 Å². The Hall–Kier alpha value is -5.70. The Kier molecular flexibility index (Phi) is 10.1. The summed E-state index contributed by atoms with van der Waals surface area (Å²) in [5.41, 5.74) is 1.95. The van der Waals surface area contributed by atoms with E-state index in [0.717, 1.165) is 5.39 Å². The average Bonchev–Trinajstić information content (AvgIpc) is 3.10. The lowest BCUT2D eigenvalue weighted by atomic mass is 9.94. The second-order valence-electron chi connectivity index (χ2n) is 12.3. The molecule has 0 unspecified atom stereocenters. The molecule has 1 aliphatic heterocycles. The van der Waals surface area contributed by atoms with E-state index < -0.39 is 10.4 Å². The molecule has 0 fully saturated rings. The third-order valence-electron chi connectivity index (χ3n) is 8.70. The summed E-state index contributed by atoms with van der Waals surface area (Å²) in [5.74, 6) is -0.924. The van der Waals surface area contributed by atoms with Gasteiger partial charge in [0.1, 0.15) is 0 Å². The van der Waals surface area contributed by atoms with Crippen molar-refractivity contribution in [2.24, 2.45) is 0 Å². The van der Waals surface area contributed by atoms with Crippen LogP contribution in [0.5, 0.6) is 0 Å². The Bertz CT molecular complexity index is 2150. The number of carbonyl (C=O) groups is 3. The summed E-state index contributed by atoms with van der Waals surface area (Å²) < 4.78 is 0. The monoisotopic (exact) mass is 678 g/mol. The van der Waals surface area contributed by atoms with Gasteiger partial charge in [0.05, 0.1) is 32.3 Å². The van der Waals surface area contributed by atoms with Gasteiger partial charge in [0.15, 0.2) is 5.43 Å². The second-order valence-corrected chi connectivity index (χ2v) is 12.3. The van der Waals surface area contributed by atoms with Crippen LogP contribution in [-0.2, 0) is 0 Å². The third-order valence-corrected chi connectivity index (χ3v) is 8.70. The quantitative estimate of drug-likeness (QED) is 0.0363. The molecule has 1 aromatic heterocycles. The fourth-order valence-corrected chi connectivity index (χ4v) is 6.19. The average molecular weight is 679 g/mol. The smallest absolute Gasteiger partial charge is 0.270 e. The summed E-state index contributed by atoms with van der Waals surface area (Å²) in [6.07, 6.45) is 0. The van der Waals surface area contributed by atoms with Crippen molar-refractivity contribution in [3.8, 4) is 0 Å². The van der Waals surface area contributed by atoms with Crippen molar-refractivity contribution < 1.29 is 19.3 Å². The zero-order valence-electron chi connectivity index (χ0n) is 27.8. The number of aromatic nitrogens is 1. The highest BCUT2D eigenvalue weighted by molar-refractivity contribution is 6.25. The first-order valence-corrected chi connectivity index (χ1v) is 16.4. The Labute approximate surface area is 287 Å². The minimum absolute atomic E-state index is 0.151. The predicted octanol–water partition coefficient (Wildman–Crippen LogP) is 2.92. The number of imide groups is 1. The molecule has 5 N–H and O–H groups in total. The topological polar surface area (TPSA) is 182 Å². The third kappa shape index (κ3) is 6.89. The van der Waals surface area contributed by atoms with Gasteiger partial charge < -0.3 is 31.2 Å². The number of aromatic amines is 1. The van der Waals surface area contributed by atoms with Crippen LogP contribution in [0.15, 0.2) is 71.5 Å². The summed E-state index contributed by atoms with van der Waals surface area (Å²) in [4.78, 5) is 70.3. The molecule has 0 aliphatic carbocycles. The lowest BCUT2D eigenvalue weighted by Gasteiger charge is -2.27. The number of nitro benzene ring substituents is 1. The fraction of sp³-hybridized carbons (Fsp3) is 0.278. The summed E-state index contributed by atoms with van der Waals surface area (Å²) in [6.45, 7) is 3.91. The van der Waals surface area contributed by atoms with Crippen molar-refractivity contribution in [3.63, 3.8) is 0 Å². The van der Waals surface area contributed by atoms with Gasteiger partial charge in [0.2, 0.25) is 0 Å². The second kappa shape index (κ2) is 14.8. The van der Waals surface area contributed by atoms with Crippen molar-refractivity contribution >= 4 is 61.7 Å². The Balaban J connectivity index is 1.05. The van der Waals surface area contributed by atoms with Gasteiger partial charge in [0, 0.05) is 86.7 Å². The zero-order valence-corrected chi connectivity index (χ0v) is 27.8. The van der Waals surface area contributed by atoms with Gasteiger partial charge in [0.25, 0.3) is 23.4 Å². The first-order valence-electron chi connectivity index (χ1n) is 16.4. The van der Waals surface area contributed by atoms with Crippen LogP contribution in [0, 0.1) is 10.1 Å². The van der Waals surface area contributed by atoms with Crippen LogP contribution in [0.1, 0.15) is 31.1 Å². The van der Waals surface area contributed by atoms with E-state index >= 15 is 0 Å². The van der Waals surface area contributed by atoms with Gasteiger partial charge in [-0.1, -0.05) is 24.3 Å². The maximum absolute atomic E-state index is 13.8. The van der Waals surface area contributed by atoms with Gasteiger partial charge in [-0.2, -0.15) is 0 Å². The summed E-state index contributed by atoms with van der Waals surface area (Å²) in [7, 11) is 3.80. The number of hydrogen-bond donors (Lipinski definition) is 5. The lowest BCUT2D eigenvalue weighted by Crippen LogP contribution is -2.44. The van der Waals surface area contributed by atoms with Gasteiger partial charge in [-0.05, 0) is 49.8 Å². The lowest BCUT2D eigenvalue weighted by molar-refractivity contribution is -0.384. The molecule has 0 radical (unpaired) electrons. The number of anilines is 1. The minimum Gasteiger partial charge on any atom is -0.383 e. The van der Waals surface area contributed by atoms with E-state index in [2.05, 4.69) is 26.3 Å². The summed E-state index contributed by atoms with van der Waals surface area (Å²) in [6, 6.07) is 18.3. The number of nitro groups is 1. The molecule has 0 bridgehead atoms. The van der Waals surface area contributed by atoms with E-state index in [4.69, 9.17) is 0 Å². The number of nitrogens with zero attached hydrogens (tertiary/aromatic N) is 3. The van der Waals surface area contributed by atoms with Crippen molar-refractivity contribution in [1.82, 2.24) is 30.7 Å². The Morgan fingerprint density at radius 2 is 1.52 bits per heavy atom. The maximum Gasteiger partial charge on any atom is 0.270 e. The molecule has 3 amide bonds. The molecule has 14 nitrogen and oxygen atoms in total. The molecule has 50 heavy (non-hydrogen) atoms. The number of carbonyl (C=O) groups excluding carboxylic acids is 3. The molecule has 4 aromatic carbocycles. The Morgan fingerprint density at radius 3 is 2.20 bits per heavy atom. The summed E-state index contributed by atoms with van der Waals surface area (Å²) >= 11 is 0. The zero-order chi connectivity index (χ0) is 35.4. The highest BCUT2D eigenvalue weighted by Gasteiger charge is 2.32. The van der Waals surface area contributed by atoms with Crippen LogP contribution in [0.2, 0.25) is 0 Å². The molecule has 0 saturated heterocycles. The van der Waals surface area contributed by atoms with Gasteiger partial charge in [-0.15, -0.1) is 0 Å². The van der Waals surface area contributed by atoms with Crippen LogP contribution >= 0.6 is 0 Å². The number of benzene rings is 4. The first-order chi connectivity index (χ1) is 24.2. The van der Waals surface area contributed by atoms with Crippen molar-refractivity contribution in [2.45, 2.75) is 0 Å². The summed E-state index contributed by atoms with van der Waals surface area (Å²) in [5, 5.41) is 26.1. The number of nitrogens with one attached hydrogen (secondary N) is 5. The highest BCUT2D eigenvalue weighted by Crippen LogP contribution is 2.30.